The molecule has 8 nitrogen and oxygen atoms in total. The Morgan fingerprint density at radius 1 is 1.14 bits per heavy atom. The molecule has 0 radical (unpaired) electrons. The molecule has 3 amide bonds. The number of likely N-dealkylation sites (tertiary alicyclic amines) is 1. The number of carboxylic acids is 1. The zero-order valence-corrected chi connectivity index (χ0v) is 15.7. The lowest BCUT2D eigenvalue weighted by Crippen LogP contribution is -2.46. The lowest BCUT2D eigenvalue weighted by atomic mass is 9.85. The molecule has 1 aromatic carbocycles. The highest BCUT2D eigenvalue weighted by atomic mass is 16.4. The molecule has 2 fully saturated rings. The molecule has 1 saturated carbocycles. The predicted octanol–water partition coefficient (Wildman–Crippen LogP) is 1.57. The Bertz CT molecular complexity index is 867. The molecule has 2 aliphatic heterocycles. The molecule has 3 aliphatic rings. The molecule has 0 bridgehead atoms. The van der Waals surface area contributed by atoms with Gasteiger partial charge in [0, 0.05) is 18.8 Å². The number of amides is 3. The van der Waals surface area contributed by atoms with E-state index >= 15 is 0 Å². The summed E-state index contributed by atoms with van der Waals surface area (Å²) in [5.41, 5.74) is 1.01. The zero-order valence-electron chi connectivity index (χ0n) is 15.7. The molecule has 2 N–H and O–H groups in total. The smallest absolute Gasteiger partial charge is 0.320 e. The number of nitrogens with zero attached hydrogens (tertiary/aromatic N) is 2. The van der Waals surface area contributed by atoms with E-state index in [4.69, 9.17) is 0 Å². The standard InChI is InChI=1S/C20H23N3O5/c1-22-18(25)13-7-6-12(9-14(13)19(22)26)21-17(24)10-23-15-5-3-2-4-11(15)8-16(23)20(27)28/h6-7,9,11,15-16H,2-5,8,10H2,1H3,(H,21,24)(H,27,28). The van der Waals surface area contributed by atoms with Crippen LogP contribution in [0, 0.1) is 5.92 Å². The first-order valence-corrected chi connectivity index (χ1v) is 9.61. The van der Waals surface area contributed by atoms with Crippen LogP contribution in [-0.2, 0) is 9.59 Å². The van der Waals surface area contributed by atoms with Crippen molar-refractivity contribution < 1.29 is 24.3 Å². The number of carbonyl (C=O) groups is 4. The number of imide groups is 1. The second-order valence-electron chi connectivity index (χ2n) is 7.85. The Balaban J connectivity index is 1.48. The number of nitrogens with one attached hydrogen (secondary N) is 1. The number of carboxylic acid groups (broad SMARTS) is 1. The number of benzene rings is 1. The van der Waals surface area contributed by atoms with Crippen LogP contribution in [0.2, 0.25) is 0 Å². The molecule has 28 heavy (non-hydrogen) atoms. The van der Waals surface area contributed by atoms with Crippen LogP contribution in [0.4, 0.5) is 5.69 Å². The Morgan fingerprint density at radius 3 is 2.61 bits per heavy atom. The van der Waals surface area contributed by atoms with Crippen molar-refractivity contribution in [3.8, 4) is 0 Å². The van der Waals surface area contributed by atoms with Crippen molar-refractivity contribution in [1.82, 2.24) is 9.80 Å². The van der Waals surface area contributed by atoms with Gasteiger partial charge in [0.25, 0.3) is 11.8 Å². The molecule has 1 aromatic rings. The van der Waals surface area contributed by atoms with Gasteiger partial charge in [-0.2, -0.15) is 0 Å². The number of fused-ring (bicyclic) bond motifs is 2. The van der Waals surface area contributed by atoms with Crippen LogP contribution < -0.4 is 5.32 Å². The second-order valence-corrected chi connectivity index (χ2v) is 7.85. The number of carbonyl (C=O) groups excluding carboxylic acids is 3. The van der Waals surface area contributed by atoms with Gasteiger partial charge in [-0.15, -0.1) is 0 Å². The third kappa shape index (κ3) is 3.07. The lowest BCUT2D eigenvalue weighted by molar-refractivity contribution is -0.143. The van der Waals surface area contributed by atoms with Gasteiger partial charge in [0.1, 0.15) is 6.04 Å². The van der Waals surface area contributed by atoms with Crippen molar-refractivity contribution in [1.29, 1.82) is 0 Å². The van der Waals surface area contributed by atoms with E-state index in [1.165, 1.54) is 19.2 Å². The molecule has 1 saturated heterocycles. The van der Waals surface area contributed by atoms with Gasteiger partial charge in [-0.3, -0.25) is 29.0 Å². The van der Waals surface area contributed by atoms with Gasteiger partial charge in [0.2, 0.25) is 5.91 Å². The zero-order chi connectivity index (χ0) is 20.0. The van der Waals surface area contributed by atoms with Gasteiger partial charge < -0.3 is 10.4 Å². The molecule has 2 heterocycles. The second kappa shape index (κ2) is 7.01. The van der Waals surface area contributed by atoms with Crippen LogP contribution in [0.15, 0.2) is 18.2 Å². The van der Waals surface area contributed by atoms with Crippen molar-refractivity contribution >= 4 is 29.4 Å². The van der Waals surface area contributed by atoms with Crippen LogP contribution in [-0.4, -0.2) is 64.3 Å². The predicted molar refractivity (Wildman–Crippen MR) is 100.0 cm³/mol. The van der Waals surface area contributed by atoms with Crippen LogP contribution in [0.25, 0.3) is 0 Å². The highest BCUT2D eigenvalue weighted by Gasteiger charge is 2.45. The van der Waals surface area contributed by atoms with E-state index in [2.05, 4.69) is 5.32 Å². The number of anilines is 1. The normalized spacial score (nSPS) is 26.9. The van der Waals surface area contributed by atoms with Gasteiger partial charge >= 0.3 is 5.97 Å². The summed E-state index contributed by atoms with van der Waals surface area (Å²) in [5.74, 6) is -1.62. The molecular formula is C20H23N3O5. The monoisotopic (exact) mass is 385 g/mol. The molecule has 3 atom stereocenters. The van der Waals surface area contributed by atoms with Crippen LogP contribution in [0.3, 0.4) is 0 Å². The van der Waals surface area contributed by atoms with Gasteiger partial charge in [0.05, 0.1) is 17.7 Å². The topological polar surface area (TPSA) is 107 Å². The Kier molecular flexibility index (Phi) is 4.66. The van der Waals surface area contributed by atoms with Crippen molar-refractivity contribution in [2.75, 3.05) is 18.9 Å². The fourth-order valence-corrected chi connectivity index (χ4v) is 4.83. The van der Waals surface area contributed by atoms with Crippen LogP contribution in [0.5, 0.6) is 0 Å². The Morgan fingerprint density at radius 2 is 1.86 bits per heavy atom. The van der Waals surface area contributed by atoms with Crippen molar-refractivity contribution in [3.05, 3.63) is 29.3 Å². The van der Waals surface area contributed by atoms with E-state index < -0.39 is 17.9 Å². The maximum absolute atomic E-state index is 12.6. The summed E-state index contributed by atoms with van der Waals surface area (Å²) in [4.78, 5) is 51.2. The van der Waals surface area contributed by atoms with Gasteiger partial charge in [-0.25, -0.2) is 0 Å². The minimum Gasteiger partial charge on any atom is -0.480 e. The quantitative estimate of drug-likeness (QED) is 0.762. The molecule has 0 aromatic heterocycles. The fourth-order valence-electron chi connectivity index (χ4n) is 4.83. The highest BCUT2D eigenvalue weighted by Crippen LogP contribution is 2.39. The molecule has 1 aliphatic carbocycles. The first-order valence-electron chi connectivity index (χ1n) is 9.61. The third-order valence-electron chi connectivity index (χ3n) is 6.21. The first-order chi connectivity index (χ1) is 13.4. The van der Waals surface area contributed by atoms with Gasteiger partial charge in [-0.05, 0) is 43.4 Å². The summed E-state index contributed by atoms with van der Waals surface area (Å²) >= 11 is 0. The molecule has 8 heteroatoms. The number of rotatable bonds is 4. The molecule has 148 valence electrons. The van der Waals surface area contributed by atoms with E-state index in [0.29, 0.717) is 23.6 Å². The maximum Gasteiger partial charge on any atom is 0.320 e. The first kappa shape index (κ1) is 18.6. The minimum atomic E-state index is -0.883. The Hall–Kier alpha value is -2.74. The highest BCUT2D eigenvalue weighted by molar-refractivity contribution is 6.21. The minimum absolute atomic E-state index is 0.00198. The third-order valence-corrected chi connectivity index (χ3v) is 6.21. The summed E-state index contributed by atoms with van der Waals surface area (Å²) in [6, 6.07) is 4.12. The SMILES string of the molecule is CN1C(=O)c2ccc(NC(=O)CN3C(C(=O)O)CC4CCCCC43)cc2C1=O. The average Bonchev–Trinajstić information content (AvgIpc) is 3.14. The van der Waals surface area contributed by atoms with E-state index in [0.717, 1.165) is 30.6 Å². The summed E-state index contributed by atoms with van der Waals surface area (Å²) in [6.45, 7) is 0.00198. The van der Waals surface area contributed by atoms with Crippen molar-refractivity contribution in [2.24, 2.45) is 5.92 Å². The fraction of sp³-hybridized carbons (Fsp3) is 0.500. The van der Waals surface area contributed by atoms with Gasteiger partial charge in [0.15, 0.2) is 0 Å². The van der Waals surface area contributed by atoms with E-state index in [1.807, 2.05) is 4.90 Å². The van der Waals surface area contributed by atoms with Crippen molar-refractivity contribution in [2.45, 2.75) is 44.2 Å². The summed E-state index contributed by atoms with van der Waals surface area (Å²) in [6.07, 6.45) is 4.70. The molecule has 0 spiro atoms. The van der Waals surface area contributed by atoms with Crippen LogP contribution in [0.1, 0.15) is 52.8 Å². The summed E-state index contributed by atoms with van der Waals surface area (Å²) in [7, 11) is 1.42. The number of hydrogen-bond donors (Lipinski definition) is 2. The number of hydrogen-bond acceptors (Lipinski definition) is 5. The Labute approximate surface area is 162 Å². The number of aliphatic carboxylic acids is 1. The molecule has 3 unspecified atom stereocenters. The van der Waals surface area contributed by atoms with E-state index in [-0.39, 0.29) is 30.0 Å². The maximum atomic E-state index is 12.6. The summed E-state index contributed by atoms with van der Waals surface area (Å²) in [5, 5.41) is 12.3. The van der Waals surface area contributed by atoms with Gasteiger partial charge in [-0.1, -0.05) is 12.8 Å². The lowest BCUT2D eigenvalue weighted by Gasteiger charge is -2.32. The van der Waals surface area contributed by atoms with E-state index in [1.54, 1.807) is 6.07 Å². The molecule has 4 rings (SSSR count). The van der Waals surface area contributed by atoms with Crippen LogP contribution >= 0.6 is 0 Å². The summed E-state index contributed by atoms with van der Waals surface area (Å²) < 4.78 is 0. The van der Waals surface area contributed by atoms with E-state index in [9.17, 15) is 24.3 Å². The average molecular weight is 385 g/mol. The van der Waals surface area contributed by atoms with Crippen molar-refractivity contribution in [3.63, 3.8) is 0 Å². The molecular weight excluding hydrogens is 362 g/mol. The largest absolute Gasteiger partial charge is 0.480 e.